The number of alkyl halides is 3. The van der Waals surface area contributed by atoms with Gasteiger partial charge in [0.05, 0.1) is 0 Å². The Bertz CT molecular complexity index is 566. The fraction of sp³-hybridized carbons (Fsp3) is 0.550. The molecule has 0 saturated heterocycles. The molecule has 0 heterocycles. The third-order valence-corrected chi connectivity index (χ3v) is 4.23. The molecule has 24 heavy (non-hydrogen) atoms. The molecule has 0 aliphatic heterocycles. The van der Waals surface area contributed by atoms with Crippen molar-refractivity contribution in [2.45, 2.75) is 53.1 Å². The van der Waals surface area contributed by atoms with Crippen molar-refractivity contribution in [1.29, 1.82) is 0 Å². The van der Waals surface area contributed by atoms with Crippen LogP contribution in [0.25, 0.3) is 5.57 Å². The topological polar surface area (TPSA) is 12.4 Å². The van der Waals surface area contributed by atoms with Crippen LogP contribution in [0.3, 0.4) is 0 Å². The molecule has 0 aliphatic rings. The summed E-state index contributed by atoms with van der Waals surface area (Å²) in [6, 6.07) is 7.69. The van der Waals surface area contributed by atoms with Crippen LogP contribution in [0.15, 0.2) is 35.3 Å². The molecule has 0 fully saturated rings. The molecule has 1 aromatic rings. The van der Waals surface area contributed by atoms with E-state index in [1.54, 1.807) is 0 Å². The number of rotatable bonds is 7. The number of aliphatic imine (C=N–C) groups is 1. The number of allylic oxidation sites excluding steroid dienone is 2. The Kier molecular flexibility index (Phi) is 7.71. The van der Waals surface area contributed by atoms with Crippen LogP contribution >= 0.6 is 0 Å². The zero-order valence-electron chi connectivity index (χ0n) is 15.2. The second-order valence-electron chi connectivity index (χ2n) is 6.65. The van der Waals surface area contributed by atoms with Gasteiger partial charge in [0.1, 0.15) is 5.71 Å². The predicted octanol–water partition coefficient (Wildman–Crippen LogP) is 6.47. The van der Waals surface area contributed by atoms with Crippen molar-refractivity contribution in [1.82, 2.24) is 0 Å². The van der Waals surface area contributed by atoms with Crippen molar-refractivity contribution in [3.05, 3.63) is 41.5 Å². The molecule has 1 atom stereocenters. The highest BCUT2D eigenvalue weighted by molar-refractivity contribution is 6.04. The molecule has 1 aromatic carbocycles. The number of nitrogens with zero attached hydrogens (tertiary/aromatic N) is 1. The van der Waals surface area contributed by atoms with Crippen LogP contribution in [0.1, 0.15) is 51.2 Å². The Balaban J connectivity index is 3.31. The van der Waals surface area contributed by atoms with Gasteiger partial charge in [-0.3, -0.25) is 4.99 Å². The Morgan fingerprint density at radius 3 is 2.12 bits per heavy atom. The number of halogens is 3. The van der Waals surface area contributed by atoms with E-state index in [0.29, 0.717) is 5.92 Å². The average Bonchev–Trinajstić information content (AvgIpc) is 2.50. The summed E-state index contributed by atoms with van der Waals surface area (Å²) in [6.45, 7) is 8.27. The zero-order chi connectivity index (χ0) is 18.3. The second kappa shape index (κ2) is 9.05. The summed E-state index contributed by atoms with van der Waals surface area (Å²) in [5.74, 6) is 0.620. The van der Waals surface area contributed by atoms with Crippen molar-refractivity contribution in [3.63, 3.8) is 0 Å². The van der Waals surface area contributed by atoms with E-state index in [2.05, 4.69) is 18.8 Å². The maximum absolute atomic E-state index is 13.2. The van der Waals surface area contributed by atoms with Crippen LogP contribution in [0.4, 0.5) is 13.2 Å². The second-order valence-corrected chi connectivity index (χ2v) is 6.65. The van der Waals surface area contributed by atoms with E-state index in [1.807, 2.05) is 38.1 Å². The van der Waals surface area contributed by atoms with E-state index in [1.165, 1.54) is 13.1 Å². The molecule has 0 aromatic heterocycles. The van der Waals surface area contributed by atoms with E-state index in [-0.39, 0.29) is 5.92 Å². The van der Waals surface area contributed by atoms with Crippen molar-refractivity contribution in [2.24, 2.45) is 16.8 Å². The third kappa shape index (κ3) is 6.14. The smallest absolute Gasteiger partial charge is 0.284 e. The minimum absolute atomic E-state index is 0.0919. The van der Waals surface area contributed by atoms with Gasteiger partial charge in [-0.05, 0) is 48.8 Å². The summed E-state index contributed by atoms with van der Waals surface area (Å²) in [7, 11) is 1.20. The highest BCUT2D eigenvalue weighted by Gasteiger charge is 2.34. The zero-order valence-corrected chi connectivity index (χ0v) is 15.2. The van der Waals surface area contributed by atoms with Gasteiger partial charge in [0.15, 0.2) is 0 Å². The molecule has 0 spiro atoms. The monoisotopic (exact) mass is 339 g/mol. The van der Waals surface area contributed by atoms with Crippen LogP contribution < -0.4 is 0 Å². The van der Waals surface area contributed by atoms with Crippen molar-refractivity contribution in [2.75, 3.05) is 7.05 Å². The van der Waals surface area contributed by atoms with Gasteiger partial charge in [-0.1, -0.05) is 57.0 Å². The van der Waals surface area contributed by atoms with E-state index in [9.17, 15) is 13.2 Å². The molecular weight excluding hydrogens is 311 g/mol. The SMILES string of the molecule is CCC(CCC(C)C)C(=CC(=NC)C(F)(F)F)c1ccc(C)cc1. The van der Waals surface area contributed by atoms with Gasteiger partial charge in [0.2, 0.25) is 0 Å². The number of hydrogen-bond acceptors (Lipinski definition) is 1. The lowest BCUT2D eigenvalue weighted by atomic mass is 9.84. The standard InChI is InChI=1S/C20H28F3N/c1-6-16(10-7-14(2)3)18(13-19(24-5)20(21,22)23)17-11-8-15(4)9-12-17/h8-9,11-14,16H,6-7,10H2,1-5H3. The Labute approximate surface area is 143 Å². The molecule has 0 radical (unpaired) electrons. The molecule has 0 N–H and O–H groups in total. The van der Waals surface area contributed by atoms with Crippen LogP contribution in [0, 0.1) is 18.8 Å². The molecule has 0 amide bonds. The van der Waals surface area contributed by atoms with E-state index in [4.69, 9.17) is 0 Å². The first-order chi connectivity index (χ1) is 11.2. The van der Waals surface area contributed by atoms with Gasteiger partial charge in [-0.2, -0.15) is 13.2 Å². The lowest BCUT2D eigenvalue weighted by molar-refractivity contribution is -0.0577. The van der Waals surface area contributed by atoms with Gasteiger partial charge in [0.25, 0.3) is 0 Å². The largest absolute Gasteiger partial charge is 0.432 e. The molecule has 1 nitrogen and oxygen atoms in total. The molecule has 4 heteroatoms. The van der Waals surface area contributed by atoms with Crippen molar-refractivity contribution < 1.29 is 13.2 Å². The van der Waals surface area contributed by atoms with E-state index >= 15 is 0 Å². The van der Waals surface area contributed by atoms with Crippen molar-refractivity contribution in [3.8, 4) is 0 Å². The molecule has 0 saturated carbocycles. The summed E-state index contributed by atoms with van der Waals surface area (Å²) in [4.78, 5) is 3.47. The number of benzene rings is 1. The lowest BCUT2D eigenvalue weighted by Crippen LogP contribution is -2.22. The highest BCUT2D eigenvalue weighted by atomic mass is 19.4. The summed E-state index contributed by atoms with van der Waals surface area (Å²) < 4.78 is 39.5. The van der Waals surface area contributed by atoms with Crippen molar-refractivity contribution >= 4 is 11.3 Å². The summed E-state index contributed by atoms with van der Waals surface area (Å²) in [6.07, 6.45) is -0.517. The predicted molar refractivity (Wildman–Crippen MR) is 96.4 cm³/mol. The van der Waals surface area contributed by atoms with E-state index < -0.39 is 11.9 Å². The summed E-state index contributed by atoms with van der Waals surface area (Å²) >= 11 is 0. The molecule has 0 bridgehead atoms. The normalized spacial score (nSPS) is 15.0. The fourth-order valence-electron chi connectivity index (χ4n) is 2.72. The van der Waals surface area contributed by atoms with Gasteiger partial charge in [0, 0.05) is 7.05 Å². The number of aryl methyl sites for hydroxylation is 1. The molecule has 1 rings (SSSR count). The van der Waals surface area contributed by atoms with Crippen LogP contribution in [-0.4, -0.2) is 18.9 Å². The molecule has 134 valence electrons. The summed E-state index contributed by atoms with van der Waals surface area (Å²) in [5.41, 5.74) is 1.85. The quantitative estimate of drug-likeness (QED) is 0.505. The lowest BCUT2D eigenvalue weighted by Gasteiger charge is -2.21. The van der Waals surface area contributed by atoms with Gasteiger partial charge in [-0.25, -0.2) is 0 Å². The first kappa shape index (κ1) is 20.5. The maximum atomic E-state index is 13.2. The summed E-state index contributed by atoms with van der Waals surface area (Å²) in [5, 5.41) is 0. The third-order valence-electron chi connectivity index (χ3n) is 4.23. The van der Waals surface area contributed by atoms with E-state index in [0.717, 1.165) is 36.0 Å². The maximum Gasteiger partial charge on any atom is 0.432 e. The Morgan fingerprint density at radius 1 is 1.12 bits per heavy atom. The van der Waals surface area contributed by atoms with Crippen LogP contribution in [0.2, 0.25) is 0 Å². The fourth-order valence-corrected chi connectivity index (χ4v) is 2.72. The highest BCUT2D eigenvalue weighted by Crippen LogP contribution is 2.33. The Hall–Kier alpha value is -1.58. The minimum Gasteiger partial charge on any atom is -0.284 e. The molecular formula is C20H28F3N. The first-order valence-electron chi connectivity index (χ1n) is 8.51. The van der Waals surface area contributed by atoms with Gasteiger partial charge in [-0.15, -0.1) is 0 Å². The van der Waals surface area contributed by atoms with Crippen LogP contribution in [0.5, 0.6) is 0 Å². The first-order valence-corrected chi connectivity index (χ1v) is 8.51. The average molecular weight is 339 g/mol. The number of hydrogen-bond donors (Lipinski definition) is 0. The Morgan fingerprint density at radius 2 is 1.71 bits per heavy atom. The molecule has 1 unspecified atom stereocenters. The van der Waals surface area contributed by atoms with Crippen LogP contribution in [-0.2, 0) is 0 Å². The van der Waals surface area contributed by atoms with Gasteiger partial charge >= 0.3 is 6.18 Å². The van der Waals surface area contributed by atoms with Gasteiger partial charge < -0.3 is 0 Å². The molecule has 0 aliphatic carbocycles. The minimum atomic E-state index is -4.43.